The van der Waals surface area contributed by atoms with Gasteiger partial charge in [0.1, 0.15) is 0 Å². The van der Waals surface area contributed by atoms with E-state index < -0.39 is 0 Å². The third-order valence-corrected chi connectivity index (χ3v) is 2.50. The summed E-state index contributed by atoms with van der Waals surface area (Å²) >= 11 is 0. The second kappa shape index (κ2) is 7.46. The quantitative estimate of drug-likeness (QED) is 0.618. The minimum absolute atomic E-state index is 0.163. The summed E-state index contributed by atoms with van der Waals surface area (Å²) in [6.07, 6.45) is 0.807. The van der Waals surface area contributed by atoms with Crippen LogP contribution < -0.4 is 5.43 Å². The zero-order valence-corrected chi connectivity index (χ0v) is 11.1. The summed E-state index contributed by atoms with van der Waals surface area (Å²) in [5, 5.41) is 13.3. The third kappa shape index (κ3) is 4.19. The van der Waals surface area contributed by atoms with Crippen LogP contribution in [-0.4, -0.2) is 25.5 Å². The molecule has 1 N–H and O–H groups in total. The van der Waals surface area contributed by atoms with Crippen LogP contribution in [0.25, 0.3) is 0 Å². The van der Waals surface area contributed by atoms with Gasteiger partial charge in [-0.15, -0.1) is 0 Å². The van der Waals surface area contributed by atoms with Gasteiger partial charge in [0, 0.05) is 7.11 Å². The maximum Gasteiger partial charge on any atom is 0.0991 e. The molecule has 0 aliphatic rings. The zero-order valence-electron chi connectivity index (χ0n) is 11.1. The highest BCUT2D eigenvalue weighted by atomic mass is 16.5. The van der Waals surface area contributed by atoms with Crippen molar-refractivity contribution in [2.75, 3.05) is 13.7 Å². The van der Waals surface area contributed by atoms with Crippen molar-refractivity contribution in [2.24, 2.45) is 5.10 Å². The van der Waals surface area contributed by atoms with Crippen molar-refractivity contribution < 1.29 is 4.74 Å². The van der Waals surface area contributed by atoms with Crippen molar-refractivity contribution in [1.29, 1.82) is 5.26 Å². The Bertz CT molecular complexity index is 449. The molecule has 0 aromatic heterocycles. The van der Waals surface area contributed by atoms with Crippen molar-refractivity contribution in [1.82, 2.24) is 5.43 Å². The monoisotopic (exact) mass is 245 g/mol. The van der Waals surface area contributed by atoms with Crippen LogP contribution >= 0.6 is 0 Å². The Balaban J connectivity index is 2.82. The van der Waals surface area contributed by atoms with Crippen LogP contribution in [0.4, 0.5) is 0 Å². The fraction of sp³-hybridized carbons (Fsp3) is 0.429. The van der Waals surface area contributed by atoms with Gasteiger partial charge < -0.3 is 10.2 Å². The molecule has 4 heteroatoms. The number of nitrogens with zero attached hydrogens (tertiary/aromatic N) is 2. The van der Waals surface area contributed by atoms with Crippen LogP contribution in [0, 0.1) is 11.3 Å². The number of hydrogen-bond donors (Lipinski definition) is 1. The molecule has 4 nitrogen and oxygen atoms in total. The smallest absolute Gasteiger partial charge is 0.0991 e. The Labute approximate surface area is 108 Å². The molecule has 0 saturated carbocycles. The second-order valence-electron chi connectivity index (χ2n) is 4.09. The summed E-state index contributed by atoms with van der Waals surface area (Å²) in [7, 11) is 1.67. The summed E-state index contributed by atoms with van der Waals surface area (Å²) in [6, 6.07) is 9.78. The highest BCUT2D eigenvalue weighted by molar-refractivity contribution is 6.00. The maximum absolute atomic E-state index is 8.88. The van der Waals surface area contributed by atoms with Crippen LogP contribution in [0.1, 0.15) is 31.4 Å². The molecule has 96 valence electrons. The lowest BCUT2D eigenvalue weighted by molar-refractivity contribution is 0.173. The molecular weight excluding hydrogens is 226 g/mol. The molecule has 0 heterocycles. The van der Waals surface area contributed by atoms with Crippen molar-refractivity contribution >= 4 is 5.71 Å². The Hall–Kier alpha value is -1.86. The summed E-state index contributed by atoms with van der Waals surface area (Å²) < 4.78 is 5.04. The molecule has 0 radical (unpaired) electrons. The zero-order chi connectivity index (χ0) is 13.4. The third-order valence-electron chi connectivity index (χ3n) is 2.50. The first-order valence-electron chi connectivity index (χ1n) is 6.02. The van der Waals surface area contributed by atoms with E-state index in [1.54, 1.807) is 13.2 Å². The molecule has 1 unspecified atom stereocenters. The van der Waals surface area contributed by atoms with Gasteiger partial charge in [-0.05, 0) is 31.0 Å². The van der Waals surface area contributed by atoms with E-state index in [4.69, 9.17) is 10.00 Å². The van der Waals surface area contributed by atoms with Gasteiger partial charge in [-0.3, -0.25) is 0 Å². The van der Waals surface area contributed by atoms with E-state index in [0.29, 0.717) is 12.2 Å². The fourth-order valence-corrected chi connectivity index (χ4v) is 1.59. The number of ether oxygens (including phenoxy) is 1. The van der Waals surface area contributed by atoms with Crippen molar-refractivity contribution in [3.63, 3.8) is 0 Å². The van der Waals surface area contributed by atoms with Gasteiger partial charge in [0.2, 0.25) is 0 Å². The minimum atomic E-state index is 0.163. The average Bonchev–Trinajstić information content (AvgIpc) is 2.40. The first kappa shape index (κ1) is 14.2. The van der Waals surface area contributed by atoms with Crippen LogP contribution in [0.15, 0.2) is 29.4 Å². The molecule has 18 heavy (non-hydrogen) atoms. The number of rotatable bonds is 6. The van der Waals surface area contributed by atoms with E-state index in [1.165, 1.54) is 0 Å². The number of hydrogen-bond acceptors (Lipinski definition) is 4. The van der Waals surface area contributed by atoms with Crippen LogP contribution in [0.3, 0.4) is 0 Å². The Morgan fingerprint density at radius 1 is 1.56 bits per heavy atom. The molecule has 1 atom stereocenters. The van der Waals surface area contributed by atoms with Gasteiger partial charge in [0.15, 0.2) is 0 Å². The van der Waals surface area contributed by atoms with E-state index in [9.17, 15) is 0 Å². The molecule has 0 saturated heterocycles. The molecule has 0 aliphatic heterocycles. The van der Waals surface area contributed by atoms with E-state index in [1.807, 2.05) is 32.0 Å². The first-order valence-corrected chi connectivity index (χ1v) is 6.02. The Morgan fingerprint density at radius 3 is 2.94 bits per heavy atom. The number of methoxy groups -OCH3 is 1. The standard InChI is InChI=1S/C14H19N3O/c1-4-14(17-16-11(2)10-18-3)13-7-5-6-12(8-13)9-15/h5-8,11,16H,4,10H2,1-3H3/b17-14+. The second-order valence-corrected chi connectivity index (χ2v) is 4.09. The molecule has 0 spiro atoms. The maximum atomic E-state index is 8.88. The van der Waals surface area contributed by atoms with Crippen molar-refractivity contribution in [3.05, 3.63) is 35.4 Å². The minimum Gasteiger partial charge on any atom is -0.383 e. The van der Waals surface area contributed by atoms with Gasteiger partial charge >= 0.3 is 0 Å². The molecule has 1 rings (SSSR count). The number of benzene rings is 1. The molecule has 0 aliphatic carbocycles. The number of hydrazone groups is 1. The van der Waals surface area contributed by atoms with Crippen LogP contribution in [0.2, 0.25) is 0 Å². The van der Waals surface area contributed by atoms with Crippen LogP contribution in [-0.2, 0) is 4.74 Å². The summed E-state index contributed by atoms with van der Waals surface area (Å²) in [5.41, 5.74) is 5.62. The SMILES string of the molecule is CC/C(=N\NC(C)COC)c1cccc(C#N)c1. The van der Waals surface area contributed by atoms with Crippen molar-refractivity contribution in [3.8, 4) is 6.07 Å². The van der Waals surface area contributed by atoms with E-state index in [0.717, 1.165) is 17.7 Å². The van der Waals surface area contributed by atoms with Gasteiger partial charge in [-0.25, -0.2) is 0 Å². The Morgan fingerprint density at radius 2 is 2.33 bits per heavy atom. The van der Waals surface area contributed by atoms with Crippen molar-refractivity contribution in [2.45, 2.75) is 26.3 Å². The number of nitriles is 1. The Kier molecular flexibility index (Phi) is 5.89. The highest BCUT2D eigenvalue weighted by Crippen LogP contribution is 2.07. The summed E-state index contributed by atoms with van der Waals surface area (Å²) in [6.45, 7) is 4.66. The van der Waals surface area contributed by atoms with Gasteiger partial charge in [-0.1, -0.05) is 19.1 Å². The summed E-state index contributed by atoms with van der Waals surface area (Å²) in [5.74, 6) is 0. The normalized spacial score (nSPS) is 12.9. The van der Waals surface area contributed by atoms with E-state index in [-0.39, 0.29) is 6.04 Å². The van der Waals surface area contributed by atoms with E-state index >= 15 is 0 Å². The van der Waals surface area contributed by atoms with Gasteiger partial charge in [0.25, 0.3) is 0 Å². The lowest BCUT2D eigenvalue weighted by Crippen LogP contribution is -2.27. The summed E-state index contributed by atoms with van der Waals surface area (Å²) in [4.78, 5) is 0. The predicted molar refractivity (Wildman–Crippen MR) is 72.5 cm³/mol. The van der Waals surface area contributed by atoms with Crippen LogP contribution in [0.5, 0.6) is 0 Å². The highest BCUT2D eigenvalue weighted by Gasteiger charge is 2.04. The average molecular weight is 245 g/mol. The fourth-order valence-electron chi connectivity index (χ4n) is 1.59. The molecular formula is C14H19N3O. The molecule has 0 amide bonds. The predicted octanol–water partition coefficient (Wildman–Crippen LogP) is 2.30. The molecule has 1 aromatic carbocycles. The molecule has 0 bridgehead atoms. The van der Waals surface area contributed by atoms with Gasteiger partial charge in [0.05, 0.1) is 30.0 Å². The lowest BCUT2D eigenvalue weighted by atomic mass is 10.1. The van der Waals surface area contributed by atoms with Gasteiger partial charge in [-0.2, -0.15) is 10.4 Å². The number of nitrogens with one attached hydrogen (secondary N) is 1. The molecule has 0 fully saturated rings. The largest absolute Gasteiger partial charge is 0.383 e. The topological polar surface area (TPSA) is 57.4 Å². The first-order chi connectivity index (χ1) is 8.71. The lowest BCUT2D eigenvalue weighted by Gasteiger charge is -2.11. The molecule has 1 aromatic rings. The van der Waals surface area contributed by atoms with E-state index in [2.05, 4.69) is 16.6 Å².